The van der Waals surface area contributed by atoms with Crippen LogP contribution in [0.1, 0.15) is 14.5 Å². The molecular weight excluding hydrogens is 256 g/mol. The van der Waals surface area contributed by atoms with E-state index in [9.17, 15) is 4.79 Å². The number of hydrogen-bond acceptors (Lipinski definition) is 4. The minimum absolute atomic E-state index is 0.307. The fraction of sp³-hybridized carbons (Fsp3) is 0.0909. The summed E-state index contributed by atoms with van der Waals surface area (Å²) in [5.74, 6) is -0.908. The molecule has 17 heavy (non-hydrogen) atoms. The molecule has 4 nitrogen and oxygen atoms in total. The number of fused-ring (bicyclic) bond motifs is 1. The van der Waals surface area contributed by atoms with E-state index in [0.717, 1.165) is 10.6 Å². The van der Waals surface area contributed by atoms with Gasteiger partial charge in [-0.25, -0.2) is 9.78 Å². The Morgan fingerprint density at radius 1 is 1.35 bits per heavy atom. The maximum Gasteiger partial charge on any atom is 0.347 e. The van der Waals surface area contributed by atoms with E-state index >= 15 is 0 Å². The third-order valence-electron chi connectivity index (χ3n) is 2.36. The number of carboxylic acids is 1. The summed E-state index contributed by atoms with van der Waals surface area (Å²) in [6.45, 7) is 2.05. The zero-order valence-electron chi connectivity index (χ0n) is 8.88. The average Bonchev–Trinajstić information content (AvgIpc) is 2.88. The molecule has 6 heteroatoms. The van der Waals surface area contributed by atoms with Gasteiger partial charge in [0.05, 0.1) is 4.88 Å². The number of rotatable bonds is 2. The Kier molecular flexibility index (Phi) is 2.27. The summed E-state index contributed by atoms with van der Waals surface area (Å²) >= 11 is 2.87. The second-order valence-electron chi connectivity index (χ2n) is 3.63. The highest BCUT2D eigenvalue weighted by Crippen LogP contribution is 2.29. The summed E-state index contributed by atoms with van der Waals surface area (Å²) < 4.78 is 1.76. The van der Waals surface area contributed by atoms with Crippen LogP contribution in [0.5, 0.6) is 0 Å². The molecule has 0 aliphatic carbocycles. The molecule has 0 atom stereocenters. The number of aromatic carboxylic acids is 1. The van der Waals surface area contributed by atoms with Gasteiger partial charge in [0.15, 0.2) is 4.96 Å². The number of hydrogen-bond donors (Lipinski definition) is 1. The predicted molar refractivity (Wildman–Crippen MR) is 68.1 cm³/mol. The van der Waals surface area contributed by atoms with Gasteiger partial charge in [-0.05, 0) is 19.1 Å². The zero-order chi connectivity index (χ0) is 12.0. The van der Waals surface area contributed by atoms with Crippen LogP contribution >= 0.6 is 22.7 Å². The Morgan fingerprint density at radius 3 is 2.76 bits per heavy atom. The normalized spacial score (nSPS) is 11.1. The van der Waals surface area contributed by atoms with Crippen molar-refractivity contribution in [1.82, 2.24) is 9.38 Å². The van der Waals surface area contributed by atoms with Gasteiger partial charge in [-0.3, -0.25) is 4.40 Å². The van der Waals surface area contributed by atoms with E-state index in [1.165, 1.54) is 16.2 Å². The predicted octanol–water partition coefficient (Wildman–Crippen LogP) is 3.13. The van der Waals surface area contributed by atoms with Gasteiger partial charge < -0.3 is 5.11 Å². The first-order chi connectivity index (χ1) is 8.13. The molecule has 3 aromatic heterocycles. The lowest BCUT2D eigenvalue weighted by atomic mass is 10.4. The minimum Gasteiger partial charge on any atom is -0.477 e. The van der Waals surface area contributed by atoms with Gasteiger partial charge in [0.1, 0.15) is 10.6 Å². The van der Waals surface area contributed by atoms with Gasteiger partial charge in [0.2, 0.25) is 0 Å². The van der Waals surface area contributed by atoms with Crippen LogP contribution in [0.25, 0.3) is 15.5 Å². The third kappa shape index (κ3) is 1.75. The van der Waals surface area contributed by atoms with Crippen LogP contribution in [0.3, 0.4) is 0 Å². The molecule has 0 saturated carbocycles. The molecule has 0 fully saturated rings. The van der Waals surface area contributed by atoms with E-state index < -0.39 is 5.97 Å². The molecule has 0 amide bonds. The summed E-state index contributed by atoms with van der Waals surface area (Å²) in [6.07, 6.45) is 3.46. The van der Waals surface area contributed by atoms with Gasteiger partial charge in [0.25, 0.3) is 0 Å². The van der Waals surface area contributed by atoms with E-state index in [2.05, 4.69) is 18.0 Å². The first-order valence-corrected chi connectivity index (χ1v) is 6.55. The summed E-state index contributed by atoms with van der Waals surface area (Å²) in [4.78, 5) is 18.6. The molecule has 1 N–H and O–H groups in total. The van der Waals surface area contributed by atoms with Crippen LogP contribution in [0.15, 0.2) is 24.5 Å². The van der Waals surface area contributed by atoms with E-state index in [-0.39, 0.29) is 0 Å². The quantitative estimate of drug-likeness (QED) is 0.773. The summed E-state index contributed by atoms with van der Waals surface area (Å²) in [5.41, 5.74) is 0.895. The van der Waals surface area contributed by atoms with Crippen LogP contribution in [-0.2, 0) is 0 Å². The SMILES string of the molecule is Cc1ccc(-c2cn3cc(C(=O)O)sc3n2)s1. The van der Waals surface area contributed by atoms with Crippen molar-refractivity contribution >= 4 is 33.6 Å². The Balaban J connectivity index is 2.09. The maximum atomic E-state index is 10.8. The number of nitrogens with zero attached hydrogens (tertiary/aromatic N) is 2. The topological polar surface area (TPSA) is 54.6 Å². The highest BCUT2D eigenvalue weighted by molar-refractivity contribution is 7.18. The smallest absolute Gasteiger partial charge is 0.347 e. The average molecular weight is 264 g/mol. The molecule has 0 aromatic carbocycles. The van der Waals surface area contributed by atoms with Gasteiger partial charge >= 0.3 is 5.97 Å². The first kappa shape index (κ1) is 10.5. The summed E-state index contributed by atoms with van der Waals surface area (Å²) in [7, 11) is 0. The monoisotopic (exact) mass is 264 g/mol. The number of aryl methyl sites for hydroxylation is 1. The fourth-order valence-electron chi connectivity index (χ4n) is 1.59. The number of thiazole rings is 1. The largest absolute Gasteiger partial charge is 0.477 e. The Hall–Kier alpha value is -1.66. The maximum absolute atomic E-state index is 10.8. The van der Waals surface area contributed by atoms with Crippen molar-refractivity contribution in [1.29, 1.82) is 0 Å². The van der Waals surface area contributed by atoms with Crippen molar-refractivity contribution in [3.8, 4) is 10.6 Å². The molecule has 0 bridgehead atoms. The van der Waals surface area contributed by atoms with E-state index in [1.54, 1.807) is 21.9 Å². The van der Waals surface area contributed by atoms with Crippen molar-refractivity contribution < 1.29 is 9.90 Å². The van der Waals surface area contributed by atoms with Crippen LogP contribution in [0, 0.1) is 6.92 Å². The lowest BCUT2D eigenvalue weighted by Crippen LogP contribution is -1.90. The third-order valence-corrected chi connectivity index (χ3v) is 4.37. The highest BCUT2D eigenvalue weighted by Gasteiger charge is 2.12. The Morgan fingerprint density at radius 2 is 2.18 bits per heavy atom. The standard InChI is InChI=1S/C11H8N2O2S2/c1-6-2-3-8(16-6)7-4-13-5-9(10(14)15)17-11(13)12-7/h2-5H,1H3,(H,14,15). The van der Waals surface area contributed by atoms with Crippen molar-refractivity contribution in [2.75, 3.05) is 0 Å². The second-order valence-corrected chi connectivity index (χ2v) is 5.92. The van der Waals surface area contributed by atoms with E-state index in [4.69, 9.17) is 5.11 Å². The lowest BCUT2D eigenvalue weighted by molar-refractivity contribution is 0.0702. The van der Waals surface area contributed by atoms with Crippen LogP contribution in [0.2, 0.25) is 0 Å². The molecule has 0 radical (unpaired) electrons. The zero-order valence-corrected chi connectivity index (χ0v) is 10.5. The summed E-state index contributed by atoms with van der Waals surface area (Å²) in [5, 5.41) is 8.87. The highest BCUT2D eigenvalue weighted by atomic mass is 32.1. The van der Waals surface area contributed by atoms with Crippen molar-refractivity contribution in [2.45, 2.75) is 6.92 Å². The lowest BCUT2D eigenvalue weighted by Gasteiger charge is -1.87. The number of aromatic nitrogens is 2. The van der Waals surface area contributed by atoms with Crippen LogP contribution in [0.4, 0.5) is 0 Å². The second kappa shape index (κ2) is 3.68. The van der Waals surface area contributed by atoms with Gasteiger partial charge in [-0.1, -0.05) is 11.3 Å². The molecule has 86 valence electrons. The molecule has 3 rings (SSSR count). The Bertz CT molecular complexity index is 677. The number of imidazole rings is 1. The number of carboxylic acid groups (broad SMARTS) is 1. The first-order valence-electron chi connectivity index (χ1n) is 4.92. The molecule has 0 aliphatic rings. The van der Waals surface area contributed by atoms with Crippen molar-refractivity contribution in [3.05, 3.63) is 34.3 Å². The van der Waals surface area contributed by atoms with Crippen molar-refractivity contribution in [3.63, 3.8) is 0 Å². The fourth-order valence-corrected chi connectivity index (χ4v) is 3.21. The van der Waals surface area contributed by atoms with E-state index in [0.29, 0.717) is 9.84 Å². The Labute approximate surface area is 105 Å². The number of thiophene rings is 1. The van der Waals surface area contributed by atoms with Crippen molar-refractivity contribution in [2.24, 2.45) is 0 Å². The van der Waals surface area contributed by atoms with Gasteiger partial charge in [-0.2, -0.15) is 0 Å². The van der Waals surface area contributed by atoms with Crippen LogP contribution < -0.4 is 0 Å². The molecule has 0 unspecified atom stereocenters. The molecule has 3 heterocycles. The molecule has 0 aliphatic heterocycles. The molecule has 0 spiro atoms. The molecular formula is C11H8N2O2S2. The molecule has 3 aromatic rings. The van der Waals surface area contributed by atoms with Gasteiger partial charge in [0, 0.05) is 17.3 Å². The minimum atomic E-state index is -0.908. The van der Waals surface area contributed by atoms with E-state index in [1.807, 2.05) is 12.3 Å². The number of carbonyl (C=O) groups is 1. The molecule has 0 saturated heterocycles. The summed E-state index contributed by atoms with van der Waals surface area (Å²) in [6, 6.07) is 4.08. The van der Waals surface area contributed by atoms with Gasteiger partial charge in [-0.15, -0.1) is 11.3 Å². The van der Waals surface area contributed by atoms with Crippen LogP contribution in [-0.4, -0.2) is 20.5 Å².